The fourth-order valence-corrected chi connectivity index (χ4v) is 1.69. The highest BCUT2D eigenvalue weighted by molar-refractivity contribution is 5.32. The molecule has 0 bridgehead atoms. The Bertz CT molecular complexity index is 337. The third-order valence-corrected chi connectivity index (χ3v) is 2.93. The number of benzene rings is 1. The molecule has 2 rings (SSSR count). The summed E-state index contributed by atoms with van der Waals surface area (Å²) in [6, 6.07) is 7.91. The highest BCUT2D eigenvalue weighted by Crippen LogP contribution is 2.28. The summed E-state index contributed by atoms with van der Waals surface area (Å²) in [6.07, 6.45) is 3.63. The van der Waals surface area contributed by atoms with Gasteiger partial charge in [0.05, 0.1) is 6.61 Å². The molecule has 0 amide bonds. The van der Waals surface area contributed by atoms with Gasteiger partial charge in [0.25, 0.3) is 0 Å². The van der Waals surface area contributed by atoms with Crippen LogP contribution in [0.1, 0.15) is 24.8 Å². The molecule has 1 aliphatic carbocycles. The summed E-state index contributed by atoms with van der Waals surface area (Å²) in [4.78, 5) is 0. The van der Waals surface area contributed by atoms with Crippen LogP contribution >= 0.6 is 0 Å². The lowest BCUT2D eigenvalue weighted by Gasteiger charge is -2.10. The van der Waals surface area contributed by atoms with Crippen LogP contribution in [0.4, 0.5) is 0 Å². The second-order valence-corrected chi connectivity index (χ2v) is 4.53. The molecule has 0 unspecified atom stereocenters. The van der Waals surface area contributed by atoms with Crippen LogP contribution in [0.15, 0.2) is 24.3 Å². The monoisotopic (exact) mass is 235 g/mol. The summed E-state index contributed by atoms with van der Waals surface area (Å²) in [5.41, 5.74) is 6.70. The Hall–Kier alpha value is -1.06. The molecule has 1 aromatic rings. The molecule has 0 saturated heterocycles. The fourth-order valence-electron chi connectivity index (χ4n) is 1.69. The number of rotatable bonds is 8. The van der Waals surface area contributed by atoms with E-state index in [0.29, 0.717) is 13.2 Å². The van der Waals surface area contributed by atoms with Crippen molar-refractivity contribution in [1.29, 1.82) is 0 Å². The molecule has 1 fully saturated rings. The average molecular weight is 235 g/mol. The van der Waals surface area contributed by atoms with E-state index in [1.54, 1.807) is 0 Å². The fraction of sp³-hybridized carbons (Fsp3) is 0.571. The Balaban J connectivity index is 1.59. The first-order valence-corrected chi connectivity index (χ1v) is 6.38. The van der Waals surface area contributed by atoms with E-state index in [1.165, 1.54) is 12.8 Å². The SMILES string of the molecule is NCc1ccccc1OCCCOCC1CC1. The smallest absolute Gasteiger partial charge is 0.123 e. The first kappa shape index (κ1) is 12.4. The first-order chi connectivity index (χ1) is 8.40. The zero-order valence-electron chi connectivity index (χ0n) is 10.2. The predicted molar refractivity (Wildman–Crippen MR) is 68.0 cm³/mol. The summed E-state index contributed by atoms with van der Waals surface area (Å²) in [7, 11) is 0. The van der Waals surface area contributed by atoms with Gasteiger partial charge in [-0.25, -0.2) is 0 Å². The number of ether oxygens (including phenoxy) is 2. The Morgan fingerprint density at radius 1 is 1.18 bits per heavy atom. The van der Waals surface area contributed by atoms with Crippen LogP contribution in [0, 0.1) is 5.92 Å². The van der Waals surface area contributed by atoms with Crippen molar-refractivity contribution in [2.75, 3.05) is 19.8 Å². The molecular weight excluding hydrogens is 214 g/mol. The number of nitrogens with two attached hydrogens (primary N) is 1. The quantitative estimate of drug-likeness (QED) is 0.703. The van der Waals surface area contributed by atoms with Gasteiger partial charge >= 0.3 is 0 Å². The molecule has 0 aromatic heterocycles. The minimum Gasteiger partial charge on any atom is -0.493 e. The van der Waals surface area contributed by atoms with Crippen molar-refractivity contribution in [2.24, 2.45) is 11.7 Å². The van der Waals surface area contributed by atoms with E-state index in [2.05, 4.69) is 0 Å². The maximum Gasteiger partial charge on any atom is 0.123 e. The second kappa shape index (κ2) is 6.62. The van der Waals surface area contributed by atoms with Crippen LogP contribution in [0.5, 0.6) is 5.75 Å². The Morgan fingerprint density at radius 2 is 2.00 bits per heavy atom. The summed E-state index contributed by atoms with van der Waals surface area (Å²) < 4.78 is 11.2. The number of para-hydroxylation sites is 1. The van der Waals surface area contributed by atoms with Gasteiger partial charge in [-0.1, -0.05) is 18.2 Å². The maximum absolute atomic E-state index is 5.69. The standard InChI is InChI=1S/C14H21NO2/c15-10-13-4-1-2-5-14(13)17-9-3-8-16-11-12-6-7-12/h1-2,4-5,12H,3,6-11,15H2. The lowest BCUT2D eigenvalue weighted by atomic mass is 10.2. The number of hydrogen-bond acceptors (Lipinski definition) is 3. The van der Waals surface area contributed by atoms with E-state index in [0.717, 1.165) is 36.9 Å². The van der Waals surface area contributed by atoms with Crippen LogP contribution in [0.2, 0.25) is 0 Å². The van der Waals surface area contributed by atoms with Crippen LogP contribution in [-0.4, -0.2) is 19.8 Å². The van der Waals surface area contributed by atoms with E-state index in [1.807, 2.05) is 24.3 Å². The largest absolute Gasteiger partial charge is 0.493 e. The van der Waals surface area contributed by atoms with Crippen molar-refractivity contribution in [1.82, 2.24) is 0 Å². The van der Waals surface area contributed by atoms with Crippen molar-refractivity contribution in [3.05, 3.63) is 29.8 Å². The number of hydrogen-bond donors (Lipinski definition) is 1. The first-order valence-electron chi connectivity index (χ1n) is 6.38. The van der Waals surface area contributed by atoms with Gasteiger partial charge in [-0.05, 0) is 24.8 Å². The maximum atomic E-state index is 5.69. The third-order valence-electron chi connectivity index (χ3n) is 2.93. The third kappa shape index (κ3) is 4.36. The summed E-state index contributed by atoms with van der Waals surface area (Å²) in [5, 5.41) is 0. The van der Waals surface area contributed by atoms with E-state index in [-0.39, 0.29) is 0 Å². The van der Waals surface area contributed by atoms with Crippen LogP contribution < -0.4 is 10.5 Å². The van der Waals surface area contributed by atoms with Gasteiger partial charge in [0.2, 0.25) is 0 Å². The molecule has 0 atom stereocenters. The Labute approximate surface area is 103 Å². The highest BCUT2D eigenvalue weighted by Gasteiger charge is 2.20. The van der Waals surface area contributed by atoms with Crippen LogP contribution in [0.25, 0.3) is 0 Å². The lowest BCUT2D eigenvalue weighted by Crippen LogP contribution is -2.07. The molecule has 0 radical (unpaired) electrons. The highest BCUT2D eigenvalue weighted by atomic mass is 16.5. The zero-order valence-corrected chi connectivity index (χ0v) is 10.2. The minimum atomic E-state index is 0.522. The molecule has 94 valence electrons. The topological polar surface area (TPSA) is 44.5 Å². The van der Waals surface area contributed by atoms with Gasteiger partial charge in [0, 0.05) is 31.7 Å². The Kier molecular flexibility index (Phi) is 4.83. The van der Waals surface area contributed by atoms with Gasteiger partial charge in [-0.15, -0.1) is 0 Å². The van der Waals surface area contributed by atoms with Crippen molar-refractivity contribution < 1.29 is 9.47 Å². The van der Waals surface area contributed by atoms with E-state index in [4.69, 9.17) is 15.2 Å². The van der Waals surface area contributed by atoms with Gasteiger partial charge in [0.15, 0.2) is 0 Å². The second-order valence-electron chi connectivity index (χ2n) is 4.53. The van der Waals surface area contributed by atoms with Crippen molar-refractivity contribution >= 4 is 0 Å². The van der Waals surface area contributed by atoms with Crippen molar-refractivity contribution in [3.63, 3.8) is 0 Å². The van der Waals surface area contributed by atoms with E-state index >= 15 is 0 Å². The van der Waals surface area contributed by atoms with E-state index in [9.17, 15) is 0 Å². The molecule has 1 aromatic carbocycles. The summed E-state index contributed by atoms with van der Waals surface area (Å²) in [5.74, 6) is 1.74. The zero-order chi connectivity index (χ0) is 11.9. The molecule has 3 nitrogen and oxygen atoms in total. The van der Waals surface area contributed by atoms with Gasteiger partial charge in [-0.2, -0.15) is 0 Å². The molecule has 1 saturated carbocycles. The molecule has 0 heterocycles. The van der Waals surface area contributed by atoms with Gasteiger partial charge in [-0.3, -0.25) is 0 Å². The predicted octanol–water partition coefficient (Wildman–Crippen LogP) is 2.34. The van der Waals surface area contributed by atoms with Crippen LogP contribution in [0.3, 0.4) is 0 Å². The molecule has 17 heavy (non-hydrogen) atoms. The van der Waals surface area contributed by atoms with Gasteiger partial charge in [0.1, 0.15) is 5.75 Å². The minimum absolute atomic E-state index is 0.522. The molecule has 0 spiro atoms. The van der Waals surface area contributed by atoms with E-state index < -0.39 is 0 Å². The summed E-state index contributed by atoms with van der Waals surface area (Å²) >= 11 is 0. The normalized spacial score (nSPS) is 14.9. The van der Waals surface area contributed by atoms with Crippen molar-refractivity contribution in [3.8, 4) is 5.75 Å². The van der Waals surface area contributed by atoms with Crippen molar-refractivity contribution in [2.45, 2.75) is 25.8 Å². The van der Waals surface area contributed by atoms with Crippen LogP contribution in [-0.2, 0) is 11.3 Å². The lowest BCUT2D eigenvalue weighted by molar-refractivity contribution is 0.111. The summed E-state index contributed by atoms with van der Waals surface area (Å²) in [6.45, 7) is 2.94. The van der Waals surface area contributed by atoms with Gasteiger partial charge < -0.3 is 15.2 Å². The molecule has 0 aliphatic heterocycles. The molecular formula is C14H21NO2. The molecule has 3 heteroatoms. The Morgan fingerprint density at radius 3 is 2.76 bits per heavy atom. The average Bonchev–Trinajstić information content (AvgIpc) is 3.18. The molecule has 2 N–H and O–H groups in total. The molecule has 1 aliphatic rings.